The molecule has 178 valence electrons. The van der Waals surface area contributed by atoms with Gasteiger partial charge in [-0.2, -0.15) is 0 Å². The van der Waals surface area contributed by atoms with Gasteiger partial charge in [-0.3, -0.25) is 9.59 Å². The van der Waals surface area contributed by atoms with E-state index in [0.29, 0.717) is 42.5 Å². The van der Waals surface area contributed by atoms with Crippen LogP contribution in [0.5, 0.6) is 0 Å². The second kappa shape index (κ2) is 9.84. The lowest BCUT2D eigenvalue weighted by molar-refractivity contribution is -0.116. The molecule has 2 amide bonds. The molecule has 8 heteroatoms. The third kappa shape index (κ3) is 5.02. The van der Waals surface area contributed by atoms with Crippen LogP contribution in [0.25, 0.3) is 11.5 Å². The van der Waals surface area contributed by atoms with E-state index < -0.39 is 0 Å². The van der Waals surface area contributed by atoms with Gasteiger partial charge in [0.25, 0.3) is 5.91 Å². The van der Waals surface area contributed by atoms with E-state index in [1.54, 1.807) is 11.3 Å². The lowest BCUT2D eigenvalue weighted by Crippen LogP contribution is -2.35. The van der Waals surface area contributed by atoms with Crippen molar-refractivity contribution in [1.29, 1.82) is 0 Å². The molecule has 7 nitrogen and oxygen atoms in total. The molecular formula is C27H26N4O3S. The number of benzene rings is 2. The second-order valence-electron chi connectivity index (χ2n) is 8.74. The average Bonchev–Trinajstić information content (AvgIpc) is 3.53. The number of thiophene rings is 1. The maximum absolute atomic E-state index is 13.2. The Kier molecular flexibility index (Phi) is 6.46. The summed E-state index contributed by atoms with van der Waals surface area (Å²) >= 11 is 1.75. The summed E-state index contributed by atoms with van der Waals surface area (Å²) in [5, 5.41) is 13.2. The summed E-state index contributed by atoms with van der Waals surface area (Å²) in [6, 6.07) is 15.4. The first-order valence-electron chi connectivity index (χ1n) is 11.6. The number of aryl methyl sites for hydroxylation is 2. The van der Waals surface area contributed by atoms with Gasteiger partial charge < -0.3 is 14.6 Å². The van der Waals surface area contributed by atoms with Crippen LogP contribution >= 0.6 is 11.3 Å². The molecule has 0 spiro atoms. The molecule has 4 aromatic rings. The van der Waals surface area contributed by atoms with Gasteiger partial charge in [0.05, 0.1) is 0 Å². The van der Waals surface area contributed by atoms with Crippen LogP contribution in [0.15, 0.2) is 58.3 Å². The predicted molar refractivity (Wildman–Crippen MR) is 135 cm³/mol. The Hall–Kier alpha value is -3.78. The van der Waals surface area contributed by atoms with Crippen molar-refractivity contribution in [1.82, 2.24) is 15.1 Å². The Morgan fingerprint density at radius 3 is 2.74 bits per heavy atom. The Labute approximate surface area is 207 Å². The molecule has 2 aromatic carbocycles. The topological polar surface area (TPSA) is 88.3 Å². The summed E-state index contributed by atoms with van der Waals surface area (Å²) in [5.41, 5.74) is 5.24. The molecule has 2 aromatic heterocycles. The van der Waals surface area contributed by atoms with Gasteiger partial charge in [0.1, 0.15) is 0 Å². The van der Waals surface area contributed by atoms with E-state index in [1.165, 1.54) is 10.4 Å². The van der Waals surface area contributed by atoms with Crippen LogP contribution in [0.3, 0.4) is 0 Å². The van der Waals surface area contributed by atoms with E-state index in [1.807, 2.05) is 61.2 Å². The fraction of sp³-hybridized carbons (Fsp3) is 0.259. The molecule has 35 heavy (non-hydrogen) atoms. The van der Waals surface area contributed by atoms with Gasteiger partial charge in [0, 0.05) is 47.6 Å². The molecule has 0 fully saturated rings. The van der Waals surface area contributed by atoms with Crippen LogP contribution in [0.4, 0.5) is 5.69 Å². The molecule has 0 saturated heterocycles. The lowest BCUT2D eigenvalue weighted by atomic mass is 10.0. The van der Waals surface area contributed by atoms with Gasteiger partial charge in [-0.05, 0) is 67.1 Å². The van der Waals surface area contributed by atoms with E-state index in [2.05, 4.69) is 27.0 Å². The van der Waals surface area contributed by atoms with Crippen molar-refractivity contribution in [3.63, 3.8) is 0 Å². The van der Waals surface area contributed by atoms with Gasteiger partial charge in [0.2, 0.25) is 17.7 Å². The van der Waals surface area contributed by atoms with Crippen molar-refractivity contribution in [3.8, 4) is 11.5 Å². The van der Waals surface area contributed by atoms with Gasteiger partial charge in [0.15, 0.2) is 0 Å². The maximum Gasteiger partial charge on any atom is 0.254 e. The standard InChI is InChI=1S/C27H26N4O3S/c1-17-6-8-19(9-7-17)26-30-29-25(34-26)11-10-24(32)28-22-5-3-4-21(18(22)2)27(33)31-14-12-23-20(16-31)13-15-35-23/h3-9,13,15H,10-12,14,16H2,1-2H3,(H,28,32). The molecule has 0 aliphatic carbocycles. The van der Waals surface area contributed by atoms with Gasteiger partial charge in [-0.1, -0.05) is 23.8 Å². The van der Waals surface area contributed by atoms with E-state index >= 15 is 0 Å². The lowest BCUT2D eigenvalue weighted by Gasteiger charge is -2.28. The molecule has 1 N–H and O–H groups in total. The highest BCUT2D eigenvalue weighted by Gasteiger charge is 2.24. The number of rotatable bonds is 6. The Morgan fingerprint density at radius 1 is 1.09 bits per heavy atom. The number of carbonyl (C=O) groups is 2. The highest BCUT2D eigenvalue weighted by Crippen LogP contribution is 2.27. The summed E-state index contributed by atoms with van der Waals surface area (Å²) in [4.78, 5) is 29.1. The van der Waals surface area contributed by atoms with E-state index in [0.717, 1.165) is 23.1 Å². The molecule has 0 unspecified atom stereocenters. The number of nitrogens with zero attached hydrogens (tertiary/aromatic N) is 3. The normalized spacial score (nSPS) is 12.9. The summed E-state index contributed by atoms with van der Waals surface area (Å²) in [6.45, 7) is 5.22. The average molecular weight is 487 g/mol. The zero-order chi connectivity index (χ0) is 24.4. The largest absolute Gasteiger partial charge is 0.421 e. The zero-order valence-electron chi connectivity index (χ0n) is 19.7. The molecule has 0 bridgehead atoms. The molecule has 5 rings (SSSR count). The van der Waals surface area contributed by atoms with Crippen molar-refractivity contribution >= 4 is 28.8 Å². The van der Waals surface area contributed by atoms with Gasteiger partial charge in [-0.15, -0.1) is 21.5 Å². The van der Waals surface area contributed by atoms with Crippen molar-refractivity contribution in [2.24, 2.45) is 0 Å². The number of fused-ring (bicyclic) bond motifs is 1. The van der Waals surface area contributed by atoms with Gasteiger partial charge in [-0.25, -0.2) is 0 Å². The van der Waals surface area contributed by atoms with Crippen LogP contribution in [0.1, 0.15) is 44.2 Å². The number of aromatic nitrogens is 2. The number of hydrogen-bond donors (Lipinski definition) is 1. The van der Waals surface area contributed by atoms with Crippen molar-refractivity contribution in [2.75, 3.05) is 11.9 Å². The first-order chi connectivity index (χ1) is 17.0. The minimum absolute atomic E-state index is 0.00931. The zero-order valence-corrected chi connectivity index (χ0v) is 20.5. The predicted octanol–water partition coefficient (Wildman–Crippen LogP) is 5.18. The number of hydrogen-bond acceptors (Lipinski definition) is 6. The highest BCUT2D eigenvalue weighted by molar-refractivity contribution is 7.10. The minimum Gasteiger partial charge on any atom is -0.421 e. The summed E-state index contributed by atoms with van der Waals surface area (Å²) in [7, 11) is 0. The monoisotopic (exact) mass is 486 g/mol. The second-order valence-corrected chi connectivity index (χ2v) is 9.74. The third-order valence-corrected chi connectivity index (χ3v) is 7.29. The van der Waals surface area contributed by atoms with Crippen LogP contribution < -0.4 is 5.32 Å². The number of amides is 2. The summed E-state index contributed by atoms with van der Waals surface area (Å²) in [6.07, 6.45) is 1.41. The van der Waals surface area contributed by atoms with Crippen LogP contribution in [-0.2, 0) is 24.2 Å². The first-order valence-corrected chi connectivity index (χ1v) is 12.5. The fourth-order valence-electron chi connectivity index (χ4n) is 4.20. The molecular weight excluding hydrogens is 460 g/mol. The number of carbonyl (C=O) groups excluding carboxylic acids is 2. The number of anilines is 1. The SMILES string of the molecule is Cc1ccc(-c2nnc(CCC(=O)Nc3cccc(C(=O)N4CCc5sccc5C4)c3C)o2)cc1. The minimum atomic E-state index is -0.173. The molecule has 3 heterocycles. The smallest absolute Gasteiger partial charge is 0.254 e. The Morgan fingerprint density at radius 2 is 1.91 bits per heavy atom. The van der Waals surface area contributed by atoms with Crippen LogP contribution in [0.2, 0.25) is 0 Å². The molecule has 1 aliphatic rings. The van der Waals surface area contributed by atoms with Crippen molar-refractivity contribution < 1.29 is 14.0 Å². The summed E-state index contributed by atoms with van der Waals surface area (Å²) < 4.78 is 5.72. The highest BCUT2D eigenvalue weighted by atomic mass is 32.1. The molecule has 1 aliphatic heterocycles. The molecule has 0 saturated carbocycles. The van der Waals surface area contributed by atoms with Crippen molar-refractivity contribution in [3.05, 3.63) is 86.9 Å². The number of nitrogens with one attached hydrogen (secondary N) is 1. The van der Waals surface area contributed by atoms with E-state index in [4.69, 9.17) is 4.42 Å². The van der Waals surface area contributed by atoms with E-state index in [-0.39, 0.29) is 18.2 Å². The van der Waals surface area contributed by atoms with E-state index in [9.17, 15) is 9.59 Å². The van der Waals surface area contributed by atoms with Crippen LogP contribution in [0, 0.1) is 13.8 Å². The van der Waals surface area contributed by atoms with Gasteiger partial charge >= 0.3 is 0 Å². The van der Waals surface area contributed by atoms with Crippen LogP contribution in [-0.4, -0.2) is 33.5 Å². The summed E-state index contributed by atoms with van der Waals surface area (Å²) in [5.74, 6) is 0.669. The quantitative estimate of drug-likeness (QED) is 0.405. The molecule has 0 radical (unpaired) electrons. The fourth-order valence-corrected chi connectivity index (χ4v) is 5.09. The Balaban J connectivity index is 1.21. The third-order valence-electron chi connectivity index (χ3n) is 6.26. The maximum atomic E-state index is 13.2. The first kappa shape index (κ1) is 23.0. The Bertz CT molecular complexity index is 1370. The van der Waals surface area contributed by atoms with Crippen molar-refractivity contribution in [2.45, 2.75) is 39.7 Å². The molecule has 0 atom stereocenters.